The van der Waals surface area contributed by atoms with Crippen LogP contribution in [0.4, 0.5) is 23.7 Å². The molecule has 3 rings (SSSR count). The van der Waals surface area contributed by atoms with Gasteiger partial charge in [0.2, 0.25) is 5.91 Å². The number of ether oxygens (including phenoxy) is 1. The average molecular weight is 436 g/mol. The first-order valence-corrected chi connectivity index (χ1v) is 9.54. The van der Waals surface area contributed by atoms with Gasteiger partial charge in [-0.1, -0.05) is 18.2 Å². The lowest BCUT2D eigenvalue weighted by Crippen LogP contribution is -2.36. The Hall–Kier alpha value is -3.27. The van der Waals surface area contributed by atoms with Crippen LogP contribution in [-0.4, -0.2) is 35.1 Å². The third-order valence-corrected chi connectivity index (χ3v) is 4.90. The second-order valence-electron chi connectivity index (χ2n) is 6.01. The fourth-order valence-corrected chi connectivity index (χ4v) is 3.45. The van der Waals surface area contributed by atoms with Gasteiger partial charge in [0.25, 0.3) is 11.1 Å². The fraction of sp³-hybridized carbons (Fsp3) is 0.150. The van der Waals surface area contributed by atoms with Gasteiger partial charge >= 0.3 is 0 Å². The Morgan fingerprint density at radius 1 is 1.13 bits per heavy atom. The monoisotopic (exact) mass is 436 g/mol. The van der Waals surface area contributed by atoms with Crippen LogP contribution in [0.2, 0.25) is 0 Å². The van der Waals surface area contributed by atoms with Crippen molar-refractivity contribution in [3.8, 4) is 5.75 Å². The standard InChI is InChI=1S/C20H15F3N2O4S/c1-2-29-14-6-4-3-5-11(14)9-15-19(27)25(20(28)30-15)10-16(26)24-13-8-7-12(21)17(22)18(13)23/h3-9H,2,10H2,1H3,(H,24,26)/b15-9+. The molecule has 1 saturated heterocycles. The minimum atomic E-state index is -1.74. The van der Waals surface area contributed by atoms with E-state index in [9.17, 15) is 27.6 Å². The molecule has 2 aromatic rings. The van der Waals surface area contributed by atoms with E-state index < -0.39 is 46.7 Å². The van der Waals surface area contributed by atoms with Crippen molar-refractivity contribution in [2.75, 3.05) is 18.5 Å². The second-order valence-corrected chi connectivity index (χ2v) is 7.00. The Balaban J connectivity index is 1.74. The van der Waals surface area contributed by atoms with E-state index in [1.807, 2.05) is 5.32 Å². The van der Waals surface area contributed by atoms with E-state index in [1.165, 1.54) is 6.08 Å². The first-order valence-electron chi connectivity index (χ1n) is 8.72. The summed E-state index contributed by atoms with van der Waals surface area (Å²) < 4.78 is 45.4. The molecule has 0 atom stereocenters. The molecule has 3 amide bonds. The minimum absolute atomic E-state index is 0.0824. The lowest BCUT2D eigenvalue weighted by atomic mass is 10.2. The largest absolute Gasteiger partial charge is 0.493 e. The maximum Gasteiger partial charge on any atom is 0.294 e. The summed E-state index contributed by atoms with van der Waals surface area (Å²) in [5.74, 6) is -5.86. The molecule has 0 unspecified atom stereocenters. The quantitative estimate of drug-likeness (QED) is 0.543. The van der Waals surface area contributed by atoms with Gasteiger partial charge in [0.05, 0.1) is 17.2 Å². The molecule has 2 aromatic carbocycles. The van der Waals surface area contributed by atoms with E-state index in [2.05, 4.69) is 0 Å². The van der Waals surface area contributed by atoms with Crippen LogP contribution in [-0.2, 0) is 9.59 Å². The predicted molar refractivity (Wildman–Crippen MR) is 105 cm³/mol. The van der Waals surface area contributed by atoms with Crippen molar-refractivity contribution in [3.63, 3.8) is 0 Å². The average Bonchev–Trinajstić information content (AvgIpc) is 2.97. The third-order valence-electron chi connectivity index (χ3n) is 3.99. The summed E-state index contributed by atoms with van der Waals surface area (Å²) in [6.07, 6.45) is 1.48. The zero-order chi connectivity index (χ0) is 21.8. The molecule has 0 bridgehead atoms. The molecule has 1 fully saturated rings. The lowest BCUT2D eigenvalue weighted by Gasteiger charge is -2.13. The van der Waals surface area contributed by atoms with E-state index in [-0.39, 0.29) is 4.91 Å². The fourth-order valence-electron chi connectivity index (χ4n) is 2.62. The number of thioether (sulfide) groups is 1. The summed E-state index contributed by atoms with van der Waals surface area (Å²) in [7, 11) is 0. The zero-order valence-corrected chi connectivity index (χ0v) is 16.4. The number of nitrogens with zero attached hydrogens (tertiary/aromatic N) is 1. The number of carbonyl (C=O) groups excluding carboxylic acids is 3. The van der Waals surface area contributed by atoms with Crippen molar-refractivity contribution in [2.24, 2.45) is 0 Å². The van der Waals surface area contributed by atoms with Gasteiger partial charge in [-0.3, -0.25) is 19.3 Å². The molecule has 0 aromatic heterocycles. The molecule has 6 nitrogen and oxygen atoms in total. The highest BCUT2D eigenvalue weighted by molar-refractivity contribution is 8.18. The van der Waals surface area contributed by atoms with Gasteiger partial charge in [0, 0.05) is 5.56 Å². The van der Waals surface area contributed by atoms with Crippen molar-refractivity contribution in [1.29, 1.82) is 0 Å². The highest BCUT2D eigenvalue weighted by atomic mass is 32.2. The number of nitrogens with one attached hydrogen (secondary N) is 1. The van der Waals surface area contributed by atoms with Gasteiger partial charge in [0.1, 0.15) is 12.3 Å². The van der Waals surface area contributed by atoms with Crippen molar-refractivity contribution in [1.82, 2.24) is 4.90 Å². The van der Waals surface area contributed by atoms with Crippen LogP contribution in [0.5, 0.6) is 5.75 Å². The molecule has 30 heavy (non-hydrogen) atoms. The molecule has 1 heterocycles. The Morgan fingerprint density at radius 2 is 1.87 bits per heavy atom. The molecule has 10 heteroatoms. The second kappa shape index (κ2) is 9.04. The van der Waals surface area contributed by atoms with Gasteiger partial charge in [-0.2, -0.15) is 0 Å². The minimum Gasteiger partial charge on any atom is -0.493 e. The molecule has 0 radical (unpaired) electrons. The van der Waals surface area contributed by atoms with Crippen molar-refractivity contribution >= 4 is 40.6 Å². The normalized spacial score (nSPS) is 15.1. The van der Waals surface area contributed by atoms with Crippen LogP contribution in [0.15, 0.2) is 41.3 Å². The summed E-state index contributed by atoms with van der Waals surface area (Å²) in [6, 6.07) is 8.40. The zero-order valence-electron chi connectivity index (χ0n) is 15.6. The van der Waals surface area contributed by atoms with E-state index in [1.54, 1.807) is 31.2 Å². The Labute approximate surface area is 173 Å². The van der Waals surface area contributed by atoms with Crippen molar-refractivity contribution in [2.45, 2.75) is 6.92 Å². The number of halogens is 3. The summed E-state index contributed by atoms with van der Waals surface area (Å²) in [5.41, 5.74) is -0.0229. The van der Waals surface area contributed by atoms with E-state index in [0.29, 0.717) is 40.6 Å². The predicted octanol–water partition coefficient (Wildman–Crippen LogP) is 4.18. The van der Waals surface area contributed by atoms with Crippen LogP contribution in [0.1, 0.15) is 12.5 Å². The Bertz CT molecular complexity index is 1060. The smallest absolute Gasteiger partial charge is 0.294 e. The highest BCUT2D eigenvalue weighted by Gasteiger charge is 2.36. The van der Waals surface area contributed by atoms with Crippen LogP contribution < -0.4 is 10.1 Å². The van der Waals surface area contributed by atoms with Crippen LogP contribution in [0.3, 0.4) is 0 Å². The number of anilines is 1. The number of rotatable bonds is 6. The van der Waals surface area contributed by atoms with Gasteiger partial charge in [-0.15, -0.1) is 0 Å². The molecule has 1 aliphatic heterocycles. The van der Waals surface area contributed by atoms with E-state index in [0.717, 1.165) is 6.07 Å². The van der Waals surface area contributed by atoms with E-state index in [4.69, 9.17) is 4.74 Å². The number of hydrogen-bond donors (Lipinski definition) is 1. The molecule has 0 spiro atoms. The molecule has 0 aliphatic carbocycles. The van der Waals surface area contributed by atoms with Gasteiger partial charge in [-0.25, -0.2) is 13.2 Å². The molecule has 1 N–H and O–H groups in total. The Kier molecular flexibility index (Phi) is 6.46. The lowest BCUT2D eigenvalue weighted by molar-refractivity contribution is -0.127. The Morgan fingerprint density at radius 3 is 2.60 bits per heavy atom. The van der Waals surface area contributed by atoms with Gasteiger partial charge in [-0.05, 0) is 43.0 Å². The maximum absolute atomic E-state index is 13.7. The first-order chi connectivity index (χ1) is 14.3. The van der Waals surface area contributed by atoms with Crippen LogP contribution >= 0.6 is 11.8 Å². The number of amides is 3. The summed E-state index contributed by atoms with van der Waals surface area (Å²) in [5, 5.41) is 1.33. The van der Waals surface area contributed by atoms with Crippen LogP contribution in [0.25, 0.3) is 6.08 Å². The van der Waals surface area contributed by atoms with Gasteiger partial charge in [0.15, 0.2) is 17.5 Å². The number of hydrogen-bond acceptors (Lipinski definition) is 5. The summed E-state index contributed by atoms with van der Waals surface area (Å²) in [4.78, 5) is 37.6. The van der Waals surface area contributed by atoms with Gasteiger partial charge < -0.3 is 10.1 Å². The number of imide groups is 1. The molecular formula is C20H15F3N2O4S. The van der Waals surface area contributed by atoms with Crippen molar-refractivity contribution in [3.05, 3.63) is 64.3 Å². The molecule has 1 aliphatic rings. The van der Waals surface area contributed by atoms with Crippen molar-refractivity contribution < 1.29 is 32.3 Å². The number of carbonyl (C=O) groups is 3. The topological polar surface area (TPSA) is 75.7 Å². The summed E-state index contributed by atoms with van der Waals surface area (Å²) >= 11 is 0.639. The number of benzene rings is 2. The first kappa shape index (κ1) is 21.4. The third kappa shape index (κ3) is 4.48. The molecule has 156 valence electrons. The number of para-hydroxylation sites is 1. The molecular weight excluding hydrogens is 421 g/mol. The maximum atomic E-state index is 13.7. The van der Waals surface area contributed by atoms with Crippen LogP contribution in [0, 0.1) is 17.5 Å². The summed E-state index contributed by atoms with van der Waals surface area (Å²) in [6.45, 7) is 1.50. The van der Waals surface area contributed by atoms with E-state index >= 15 is 0 Å². The highest BCUT2D eigenvalue weighted by Crippen LogP contribution is 2.34. The SMILES string of the molecule is CCOc1ccccc1/C=C1/SC(=O)N(CC(=O)Nc2ccc(F)c(F)c2F)C1=O. The molecule has 0 saturated carbocycles.